The number of nitrogens with two attached hydrogens (primary N) is 1. The third-order valence-corrected chi connectivity index (χ3v) is 7.83. The summed E-state index contributed by atoms with van der Waals surface area (Å²) in [6.07, 6.45) is 2.41. The first-order valence-corrected chi connectivity index (χ1v) is 15.1. The molecule has 0 saturated heterocycles. The van der Waals surface area contributed by atoms with Gasteiger partial charge in [-0.25, -0.2) is 14.7 Å². The van der Waals surface area contributed by atoms with Crippen LogP contribution in [0.3, 0.4) is 0 Å². The number of urea groups is 1. The number of nitrogens with one attached hydrogen (secondary N) is 1. The molecule has 0 radical (unpaired) electrons. The van der Waals surface area contributed by atoms with E-state index in [0.29, 0.717) is 52.8 Å². The molecular formula is C32H35Cl2N7O2. The van der Waals surface area contributed by atoms with Crippen LogP contribution in [0.25, 0.3) is 0 Å². The Morgan fingerprint density at radius 1 is 1.05 bits per heavy atom. The molecule has 0 aliphatic carbocycles. The maximum absolute atomic E-state index is 14.1. The van der Waals surface area contributed by atoms with E-state index in [0.717, 1.165) is 42.2 Å². The molecule has 1 aliphatic heterocycles. The van der Waals surface area contributed by atoms with E-state index < -0.39 is 0 Å². The predicted octanol–water partition coefficient (Wildman–Crippen LogP) is 7.03. The largest absolute Gasteiger partial charge is 0.492 e. The highest BCUT2D eigenvalue weighted by Gasteiger charge is 2.35. The molecule has 0 atom stereocenters. The van der Waals surface area contributed by atoms with Gasteiger partial charge in [-0.15, -0.1) is 0 Å². The molecule has 3 N–H and O–H groups in total. The Kier molecular flexibility index (Phi) is 9.99. The van der Waals surface area contributed by atoms with Crippen molar-refractivity contribution >= 4 is 58.1 Å². The highest BCUT2D eigenvalue weighted by molar-refractivity contribution is 6.37. The molecule has 0 unspecified atom stereocenters. The van der Waals surface area contributed by atoms with Crippen LogP contribution in [-0.2, 0) is 13.0 Å². The molecule has 0 saturated carbocycles. The van der Waals surface area contributed by atoms with Gasteiger partial charge in [-0.3, -0.25) is 4.90 Å². The average molecular weight is 621 g/mol. The van der Waals surface area contributed by atoms with Crippen molar-refractivity contribution in [2.24, 2.45) is 5.73 Å². The molecule has 5 rings (SSSR count). The van der Waals surface area contributed by atoms with Crippen molar-refractivity contribution in [3.8, 4) is 5.75 Å². The Morgan fingerprint density at radius 2 is 1.84 bits per heavy atom. The topological polar surface area (TPSA) is 99.9 Å². The zero-order valence-corrected chi connectivity index (χ0v) is 25.8. The number of nitrogens with zero attached hydrogens (tertiary/aromatic N) is 5. The van der Waals surface area contributed by atoms with Gasteiger partial charge in [-0.2, -0.15) is 4.98 Å². The second-order valence-electron chi connectivity index (χ2n) is 10.1. The first kappa shape index (κ1) is 30.6. The van der Waals surface area contributed by atoms with Crippen molar-refractivity contribution in [3.05, 3.63) is 94.1 Å². The Balaban J connectivity index is 1.42. The number of hydrogen-bond acceptors (Lipinski definition) is 7. The van der Waals surface area contributed by atoms with E-state index in [9.17, 15) is 4.79 Å². The monoisotopic (exact) mass is 619 g/mol. The van der Waals surface area contributed by atoms with Crippen LogP contribution in [0.2, 0.25) is 10.0 Å². The molecule has 3 aromatic carbocycles. The fourth-order valence-electron chi connectivity index (χ4n) is 4.95. The summed E-state index contributed by atoms with van der Waals surface area (Å²) < 4.78 is 5.91. The summed E-state index contributed by atoms with van der Waals surface area (Å²) in [6, 6.07) is 20.2. The molecule has 11 heteroatoms. The second kappa shape index (κ2) is 14.1. The zero-order chi connectivity index (χ0) is 30.3. The van der Waals surface area contributed by atoms with E-state index >= 15 is 0 Å². The van der Waals surface area contributed by atoms with Crippen LogP contribution in [0, 0.1) is 0 Å². The van der Waals surface area contributed by atoms with E-state index in [1.165, 1.54) is 0 Å². The first-order chi connectivity index (χ1) is 20.9. The number of hydrogen-bond donors (Lipinski definition) is 2. The van der Waals surface area contributed by atoms with Gasteiger partial charge >= 0.3 is 6.03 Å². The quantitative estimate of drug-likeness (QED) is 0.176. The molecule has 0 spiro atoms. The molecule has 0 fully saturated rings. The smallest absolute Gasteiger partial charge is 0.335 e. The SMILES string of the molecule is CCN(CC)CCOc1ccc(Nc2ncc3c(n2)N(c2cccc(CCN)c2)C(=O)N(c2ccc(Cl)cc2Cl)C3)cc1. The predicted molar refractivity (Wildman–Crippen MR) is 174 cm³/mol. The number of halogens is 2. The lowest BCUT2D eigenvalue weighted by Crippen LogP contribution is -2.45. The summed E-state index contributed by atoms with van der Waals surface area (Å²) in [4.78, 5) is 29.0. The van der Waals surface area contributed by atoms with Crippen molar-refractivity contribution in [2.75, 3.05) is 47.9 Å². The molecule has 1 aliphatic rings. The Labute approximate surface area is 262 Å². The third-order valence-electron chi connectivity index (χ3n) is 7.29. The lowest BCUT2D eigenvalue weighted by atomic mass is 10.1. The van der Waals surface area contributed by atoms with Crippen molar-refractivity contribution < 1.29 is 9.53 Å². The molecule has 1 aromatic heterocycles. The van der Waals surface area contributed by atoms with Gasteiger partial charge in [0.15, 0.2) is 5.82 Å². The van der Waals surface area contributed by atoms with Gasteiger partial charge in [0.05, 0.1) is 22.9 Å². The molecule has 9 nitrogen and oxygen atoms in total. The summed E-state index contributed by atoms with van der Waals surface area (Å²) in [6.45, 7) is 8.53. The summed E-state index contributed by atoms with van der Waals surface area (Å²) in [7, 11) is 0. The molecule has 43 heavy (non-hydrogen) atoms. The number of anilines is 5. The van der Waals surface area contributed by atoms with Crippen LogP contribution < -0.4 is 25.6 Å². The first-order valence-electron chi connectivity index (χ1n) is 14.3. The molecule has 4 aromatic rings. The Bertz CT molecular complexity index is 1560. The third kappa shape index (κ3) is 7.19. The summed E-state index contributed by atoms with van der Waals surface area (Å²) in [5.74, 6) is 1.65. The maximum atomic E-state index is 14.1. The summed E-state index contributed by atoms with van der Waals surface area (Å²) >= 11 is 12.7. The van der Waals surface area contributed by atoms with Crippen molar-refractivity contribution in [1.82, 2.24) is 14.9 Å². The van der Waals surface area contributed by atoms with Crippen LogP contribution in [0.4, 0.5) is 33.6 Å². The van der Waals surface area contributed by atoms with Crippen LogP contribution >= 0.6 is 23.2 Å². The lowest BCUT2D eigenvalue weighted by molar-refractivity contribution is 0.223. The minimum atomic E-state index is -0.294. The number of ether oxygens (including phenoxy) is 1. The fourth-order valence-corrected chi connectivity index (χ4v) is 5.46. The molecular weight excluding hydrogens is 585 g/mol. The normalized spacial score (nSPS) is 12.9. The Hall–Kier alpha value is -3.89. The lowest BCUT2D eigenvalue weighted by Gasteiger charge is -2.36. The Morgan fingerprint density at radius 3 is 2.56 bits per heavy atom. The van der Waals surface area contributed by atoms with E-state index in [4.69, 9.17) is 38.7 Å². The number of fused-ring (bicyclic) bond motifs is 1. The second-order valence-corrected chi connectivity index (χ2v) is 10.9. The van der Waals surface area contributed by atoms with Gasteiger partial charge in [0, 0.05) is 29.0 Å². The van der Waals surface area contributed by atoms with Crippen LogP contribution in [0.15, 0.2) is 72.9 Å². The van der Waals surface area contributed by atoms with E-state index in [1.807, 2.05) is 48.5 Å². The number of likely N-dealkylation sites (N-methyl/N-ethyl adjacent to an activating group) is 1. The average Bonchev–Trinajstić information content (AvgIpc) is 3.00. The van der Waals surface area contributed by atoms with E-state index in [1.54, 1.807) is 34.2 Å². The standard InChI is InChI=1S/C32H35Cl2N7O2/c1-3-39(4-2)16-17-43-27-11-9-25(10-12-27)37-31-36-20-23-21-40(29-13-8-24(33)19-28(29)34)32(42)41(30(23)38-31)26-7-5-6-22(18-26)14-15-35/h5-13,18-20H,3-4,14-17,21,35H2,1-2H3,(H,36,37,38). The maximum Gasteiger partial charge on any atom is 0.335 e. The van der Waals surface area contributed by atoms with Gasteiger partial charge in [0.25, 0.3) is 0 Å². The van der Waals surface area contributed by atoms with E-state index in [2.05, 4.69) is 29.0 Å². The number of carbonyl (C=O) groups excluding carboxylic acids is 1. The fraction of sp³-hybridized carbons (Fsp3) is 0.281. The number of aromatic nitrogens is 2. The molecule has 0 bridgehead atoms. The van der Waals surface area contributed by atoms with Gasteiger partial charge < -0.3 is 20.7 Å². The van der Waals surface area contributed by atoms with Crippen molar-refractivity contribution in [2.45, 2.75) is 26.8 Å². The minimum absolute atomic E-state index is 0.244. The molecule has 224 valence electrons. The minimum Gasteiger partial charge on any atom is -0.492 e. The van der Waals surface area contributed by atoms with Crippen LogP contribution in [-0.4, -0.2) is 53.7 Å². The summed E-state index contributed by atoms with van der Waals surface area (Å²) in [5, 5.41) is 4.13. The molecule has 2 heterocycles. The van der Waals surface area contributed by atoms with Crippen molar-refractivity contribution in [3.63, 3.8) is 0 Å². The van der Waals surface area contributed by atoms with Crippen LogP contribution in [0.1, 0.15) is 25.0 Å². The number of amides is 2. The highest BCUT2D eigenvalue weighted by atomic mass is 35.5. The van der Waals surface area contributed by atoms with Gasteiger partial charge in [0.2, 0.25) is 5.95 Å². The number of carbonyl (C=O) groups is 1. The number of rotatable bonds is 12. The van der Waals surface area contributed by atoms with Crippen molar-refractivity contribution in [1.29, 1.82) is 0 Å². The highest BCUT2D eigenvalue weighted by Crippen LogP contribution is 2.39. The molecule has 2 amide bonds. The summed E-state index contributed by atoms with van der Waals surface area (Å²) in [5.41, 5.74) is 9.61. The zero-order valence-electron chi connectivity index (χ0n) is 24.3. The van der Waals surface area contributed by atoms with Gasteiger partial charge in [-0.1, -0.05) is 49.2 Å². The van der Waals surface area contributed by atoms with Crippen LogP contribution in [0.5, 0.6) is 5.75 Å². The number of benzene rings is 3. The van der Waals surface area contributed by atoms with E-state index in [-0.39, 0.29) is 12.6 Å². The van der Waals surface area contributed by atoms with Gasteiger partial charge in [0.1, 0.15) is 12.4 Å². The van der Waals surface area contributed by atoms with Gasteiger partial charge in [-0.05, 0) is 86.2 Å².